The highest BCUT2D eigenvalue weighted by Crippen LogP contribution is 2.68. The topological polar surface area (TPSA) is 72.8 Å². The van der Waals surface area contributed by atoms with Crippen molar-refractivity contribution in [1.82, 2.24) is 10.2 Å². The average molecular weight is 387 g/mol. The molecule has 2 aliphatic rings. The first-order chi connectivity index (χ1) is 13.5. The molecule has 28 heavy (non-hydrogen) atoms. The zero-order chi connectivity index (χ0) is 20.1. The van der Waals surface area contributed by atoms with Crippen molar-refractivity contribution in [2.45, 2.75) is 45.1 Å². The molecule has 154 valence electrons. The molecule has 1 spiro atoms. The summed E-state index contributed by atoms with van der Waals surface area (Å²) in [5, 5.41) is 22.9. The summed E-state index contributed by atoms with van der Waals surface area (Å²) >= 11 is 0. The molecule has 1 aliphatic heterocycles. The highest BCUT2D eigenvalue weighted by molar-refractivity contribution is 5.76. The van der Waals surface area contributed by atoms with E-state index in [0.717, 1.165) is 25.9 Å². The van der Waals surface area contributed by atoms with E-state index in [1.807, 2.05) is 18.2 Å². The summed E-state index contributed by atoms with van der Waals surface area (Å²) in [5.74, 6) is 0.363. The smallest absolute Gasteiger partial charge is 0.222 e. The monoisotopic (exact) mass is 386 g/mol. The standard InChI is InChI=1S/C23H34N2O3/c1-3-17(2)8-7-12-25-15-20(27)23(16-25)19(14-24-21(28)11-13-26)22(23)18-9-5-4-6-10-18/h4-6,8-10,19-20,22,26-27H,3,7,11-16H2,1-2H3,(H,24,28)/b17-8+/t19-,20-,22-,23-/m1/s1. The van der Waals surface area contributed by atoms with Gasteiger partial charge in [-0.3, -0.25) is 9.69 Å². The highest BCUT2D eigenvalue weighted by Gasteiger charge is 2.70. The SMILES string of the molecule is CC/C(C)=C/CCN1C[C@@H](O)[C@@]2(C1)[C@H](CNC(=O)CCO)[C@H]2c1ccccc1. The van der Waals surface area contributed by atoms with Crippen molar-refractivity contribution >= 4 is 5.91 Å². The lowest BCUT2D eigenvalue weighted by Gasteiger charge is -2.16. The summed E-state index contributed by atoms with van der Waals surface area (Å²) in [6.07, 6.45) is 4.14. The summed E-state index contributed by atoms with van der Waals surface area (Å²) in [4.78, 5) is 14.2. The molecule has 0 bridgehead atoms. The summed E-state index contributed by atoms with van der Waals surface area (Å²) in [6.45, 7) is 7.28. The van der Waals surface area contributed by atoms with Gasteiger partial charge in [-0.2, -0.15) is 0 Å². The van der Waals surface area contributed by atoms with E-state index < -0.39 is 0 Å². The van der Waals surface area contributed by atoms with Crippen LogP contribution < -0.4 is 5.32 Å². The first-order valence-electron chi connectivity index (χ1n) is 10.5. The Balaban J connectivity index is 1.69. The molecule has 5 heteroatoms. The van der Waals surface area contributed by atoms with Gasteiger partial charge in [0, 0.05) is 38.0 Å². The van der Waals surface area contributed by atoms with Crippen LogP contribution in [0, 0.1) is 11.3 Å². The number of β-amino-alcohol motifs (C(OH)–C–C–N with tert-alkyl or cyclic N) is 1. The van der Waals surface area contributed by atoms with Gasteiger partial charge in [-0.25, -0.2) is 0 Å². The molecule has 1 aromatic rings. The average Bonchev–Trinajstić information content (AvgIpc) is 3.22. The number of amides is 1. The van der Waals surface area contributed by atoms with Gasteiger partial charge in [-0.05, 0) is 37.2 Å². The molecule has 2 fully saturated rings. The number of hydrogen-bond acceptors (Lipinski definition) is 4. The van der Waals surface area contributed by atoms with Crippen molar-refractivity contribution in [2.24, 2.45) is 11.3 Å². The number of hydrogen-bond donors (Lipinski definition) is 3. The van der Waals surface area contributed by atoms with Crippen LogP contribution in [0.4, 0.5) is 0 Å². The zero-order valence-corrected chi connectivity index (χ0v) is 17.1. The van der Waals surface area contributed by atoms with Crippen LogP contribution >= 0.6 is 0 Å². The second-order valence-corrected chi connectivity index (χ2v) is 8.33. The molecule has 1 aromatic carbocycles. The van der Waals surface area contributed by atoms with E-state index in [1.165, 1.54) is 11.1 Å². The quantitative estimate of drug-likeness (QED) is 0.570. The number of allylic oxidation sites excluding steroid dienone is 1. The summed E-state index contributed by atoms with van der Waals surface area (Å²) in [5.41, 5.74) is 2.47. The third-order valence-corrected chi connectivity index (χ3v) is 6.62. The minimum absolute atomic E-state index is 0.124. The van der Waals surface area contributed by atoms with E-state index in [4.69, 9.17) is 5.11 Å². The number of carbonyl (C=O) groups excluding carboxylic acids is 1. The molecule has 1 saturated heterocycles. The van der Waals surface area contributed by atoms with Gasteiger partial charge in [0.25, 0.3) is 0 Å². The minimum atomic E-state index is -0.381. The molecule has 1 aliphatic carbocycles. The molecule has 0 radical (unpaired) electrons. The number of likely N-dealkylation sites (tertiary alicyclic amines) is 1. The van der Waals surface area contributed by atoms with Gasteiger partial charge >= 0.3 is 0 Å². The lowest BCUT2D eigenvalue weighted by molar-refractivity contribution is -0.121. The van der Waals surface area contributed by atoms with Gasteiger partial charge in [0.15, 0.2) is 0 Å². The largest absolute Gasteiger partial charge is 0.396 e. The molecule has 3 N–H and O–H groups in total. The minimum Gasteiger partial charge on any atom is -0.396 e. The van der Waals surface area contributed by atoms with E-state index >= 15 is 0 Å². The molecule has 0 aromatic heterocycles. The molecule has 0 unspecified atom stereocenters. The number of carbonyl (C=O) groups is 1. The Bertz CT molecular complexity index is 690. The van der Waals surface area contributed by atoms with Crippen molar-refractivity contribution in [1.29, 1.82) is 0 Å². The molecule has 1 saturated carbocycles. The Morgan fingerprint density at radius 3 is 2.79 bits per heavy atom. The fraction of sp³-hybridized carbons (Fsp3) is 0.609. The van der Waals surface area contributed by atoms with Crippen LogP contribution in [0.2, 0.25) is 0 Å². The molecule has 3 rings (SSSR count). The van der Waals surface area contributed by atoms with E-state index in [1.54, 1.807) is 0 Å². The summed E-state index contributed by atoms with van der Waals surface area (Å²) in [7, 11) is 0. The fourth-order valence-electron chi connectivity index (χ4n) is 4.92. The van der Waals surface area contributed by atoms with Crippen molar-refractivity contribution in [2.75, 3.05) is 32.8 Å². The predicted octanol–water partition coefficient (Wildman–Crippen LogP) is 2.31. The Morgan fingerprint density at radius 1 is 1.36 bits per heavy atom. The Labute approximate surface area is 168 Å². The second-order valence-electron chi connectivity index (χ2n) is 8.33. The van der Waals surface area contributed by atoms with E-state index in [-0.39, 0.29) is 42.3 Å². The Hall–Kier alpha value is -1.69. The maximum absolute atomic E-state index is 11.9. The number of aliphatic hydroxyl groups excluding tert-OH is 2. The second kappa shape index (κ2) is 9.21. The Morgan fingerprint density at radius 2 is 2.11 bits per heavy atom. The molecule has 1 heterocycles. The highest BCUT2D eigenvalue weighted by atomic mass is 16.3. The van der Waals surface area contributed by atoms with Crippen molar-refractivity contribution < 1.29 is 15.0 Å². The third-order valence-electron chi connectivity index (χ3n) is 6.62. The molecule has 1 amide bonds. The maximum atomic E-state index is 11.9. The number of nitrogens with zero attached hydrogens (tertiary/aromatic N) is 1. The van der Waals surface area contributed by atoms with Crippen molar-refractivity contribution in [3.8, 4) is 0 Å². The first-order valence-corrected chi connectivity index (χ1v) is 10.5. The van der Waals surface area contributed by atoms with Crippen LogP contribution in [0.1, 0.15) is 44.6 Å². The van der Waals surface area contributed by atoms with Crippen LogP contribution in [-0.4, -0.2) is 59.9 Å². The number of nitrogens with one attached hydrogen (secondary N) is 1. The number of rotatable bonds is 9. The van der Waals surface area contributed by atoms with Gasteiger partial charge in [0.1, 0.15) is 0 Å². The maximum Gasteiger partial charge on any atom is 0.222 e. The van der Waals surface area contributed by atoms with Crippen LogP contribution in [0.15, 0.2) is 42.0 Å². The van der Waals surface area contributed by atoms with Crippen LogP contribution in [0.3, 0.4) is 0 Å². The summed E-state index contributed by atoms with van der Waals surface area (Å²) in [6, 6.07) is 10.4. The summed E-state index contributed by atoms with van der Waals surface area (Å²) < 4.78 is 0. The zero-order valence-electron chi connectivity index (χ0n) is 17.1. The van der Waals surface area contributed by atoms with Crippen LogP contribution in [0.5, 0.6) is 0 Å². The van der Waals surface area contributed by atoms with Crippen molar-refractivity contribution in [3.63, 3.8) is 0 Å². The third kappa shape index (κ3) is 4.32. The van der Waals surface area contributed by atoms with E-state index in [9.17, 15) is 9.90 Å². The predicted molar refractivity (Wildman–Crippen MR) is 111 cm³/mol. The van der Waals surface area contributed by atoms with E-state index in [0.29, 0.717) is 13.1 Å². The van der Waals surface area contributed by atoms with Gasteiger partial charge in [-0.1, -0.05) is 48.9 Å². The molecule has 5 nitrogen and oxygen atoms in total. The van der Waals surface area contributed by atoms with Crippen LogP contribution in [0.25, 0.3) is 0 Å². The molecular weight excluding hydrogens is 352 g/mol. The van der Waals surface area contributed by atoms with Gasteiger partial charge in [-0.15, -0.1) is 0 Å². The lowest BCUT2D eigenvalue weighted by Crippen LogP contribution is -2.30. The molecular formula is C23H34N2O3. The fourth-order valence-corrected chi connectivity index (χ4v) is 4.92. The van der Waals surface area contributed by atoms with Gasteiger partial charge < -0.3 is 15.5 Å². The molecule has 4 atom stereocenters. The lowest BCUT2D eigenvalue weighted by atomic mass is 9.95. The van der Waals surface area contributed by atoms with Gasteiger partial charge in [0.2, 0.25) is 5.91 Å². The Kier molecular flexibility index (Phi) is 6.91. The normalized spacial score (nSPS) is 30.0. The van der Waals surface area contributed by atoms with Gasteiger partial charge in [0.05, 0.1) is 12.7 Å². The van der Waals surface area contributed by atoms with E-state index in [2.05, 4.69) is 42.3 Å². The van der Waals surface area contributed by atoms with Crippen LogP contribution in [-0.2, 0) is 4.79 Å². The number of benzene rings is 1. The van der Waals surface area contributed by atoms with Crippen molar-refractivity contribution in [3.05, 3.63) is 47.5 Å². The first kappa shape index (κ1) is 21.0. The number of aliphatic hydroxyl groups is 2.